The maximum atomic E-state index is 11.9. The molecule has 1 atom stereocenters. The van der Waals surface area contributed by atoms with Gasteiger partial charge in [0.05, 0.1) is 22.3 Å². The Morgan fingerprint density at radius 3 is 2.43 bits per heavy atom. The van der Waals surface area contributed by atoms with E-state index in [2.05, 4.69) is 15.6 Å². The molecular weight excluding hydrogens is 309 g/mol. The number of aromatic nitrogens is 1. The number of nitrogens with zero attached hydrogens (tertiary/aromatic N) is 1. The van der Waals surface area contributed by atoms with Gasteiger partial charge in [0.2, 0.25) is 5.91 Å². The van der Waals surface area contributed by atoms with E-state index in [1.807, 2.05) is 19.1 Å². The van der Waals surface area contributed by atoms with Crippen LogP contribution in [0.5, 0.6) is 0 Å². The summed E-state index contributed by atoms with van der Waals surface area (Å²) in [7, 11) is 0. The lowest BCUT2D eigenvalue weighted by molar-refractivity contribution is -0.115. The van der Waals surface area contributed by atoms with E-state index >= 15 is 0 Å². The van der Waals surface area contributed by atoms with E-state index in [1.54, 1.807) is 30.6 Å². The first kappa shape index (κ1) is 15.8. The summed E-state index contributed by atoms with van der Waals surface area (Å²) in [6.07, 6.45) is 3.44. The molecule has 0 aliphatic carbocycles. The highest BCUT2D eigenvalue weighted by Gasteiger charge is 2.11. The van der Waals surface area contributed by atoms with Gasteiger partial charge in [-0.2, -0.15) is 0 Å². The van der Waals surface area contributed by atoms with E-state index in [1.165, 1.54) is 0 Å². The maximum absolute atomic E-state index is 11.9. The fraction of sp³-hybridized carbons (Fsp3) is 0.200. The van der Waals surface area contributed by atoms with Gasteiger partial charge >= 0.3 is 0 Å². The van der Waals surface area contributed by atoms with Gasteiger partial charge in [-0.25, -0.2) is 0 Å². The molecule has 0 fully saturated rings. The molecule has 0 saturated carbocycles. The summed E-state index contributed by atoms with van der Waals surface area (Å²) in [4.78, 5) is 15.9. The smallest absolute Gasteiger partial charge is 0.238 e. The largest absolute Gasteiger partial charge is 0.322 e. The van der Waals surface area contributed by atoms with Crippen molar-refractivity contribution < 1.29 is 4.79 Å². The fourth-order valence-corrected chi connectivity index (χ4v) is 2.31. The van der Waals surface area contributed by atoms with Crippen molar-refractivity contribution in [3.05, 3.63) is 58.3 Å². The van der Waals surface area contributed by atoms with Crippen LogP contribution in [0.15, 0.2) is 42.7 Å². The molecule has 2 N–H and O–H groups in total. The number of halogens is 2. The molecular formula is C15H15Cl2N3O. The van der Waals surface area contributed by atoms with Gasteiger partial charge in [0.25, 0.3) is 0 Å². The second kappa shape index (κ2) is 7.41. The van der Waals surface area contributed by atoms with Gasteiger partial charge in [-0.3, -0.25) is 9.78 Å². The van der Waals surface area contributed by atoms with Gasteiger partial charge in [-0.15, -0.1) is 0 Å². The molecule has 0 spiro atoms. The number of hydrogen-bond donors (Lipinski definition) is 2. The fourth-order valence-electron chi connectivity index (χ4n) is 1.82. The third-order valence-electron chi connectivity index (χ3n) is 3.00. The Balaban J connectivity index is 1.91. The highest BCUT2D eigenvalue weighted by atomic mass is 35.5. The molecule has 6 heteroatoms. The van der Waals surface area contributed by atoms with E-state index < -0.39 is 0 Å². The van der Waals surface area contributed by atoms with Crippen molar-refractivity contribution in [1.29, 1.82) is 0 Å². The number of benzene rings is 1. The molecule has 0 aliphatic heterocycles. The molecule has 2 rings (SSSR count). The average molecular weight is 324 g/mol. The van der Waals surface area contributed by atoms with Gasteiger partial charge in [-0.1, -0.05) is 29.3 Å². The molecule has 4 nitrogen and oxygen atoms in total. The second-order valence-electron chi connectivity index (χ2n) is 4.53. The normalized spacial score (nSPS) is 12.0. The molecule has 0 saturated heterocycles. The third-order valence-corrected chi connectivity index (χ3v) is 3.63. The number of carbonyl (C=O) groups is 1. The van der Waals surface area contributed by atoms with E-state index in [-0.39, 0.29) is 18.5 Å². The molecule has 1 heterocycles. The van der Waals surface area contributed by atoms with Crippen molar-refractivity contribution in [2.45, 2.75) is 13.0 Å². The third kappa shape index (κ3) is 4.43. The number of anilines is 1. The van der Waals surface area contributed by atoms with E-state index in [9.17, 15) is 4.79 Å². The van der Waals surface area contributed by atoms with E-state index in [0.717, 1.165) is 5.56 Å². The Hall–Kier alpha value is -1.62. The molecule has 110 valence electrons. The lowest BCUT2D eigenvalue weighted by Crippen LogP contribution is -2.30. The van der Waals surface area contributed by atoms with Crippen molar-refractivity contribution in [3.63, 3.8) is 0 Å². The molecule has 1 amide bonds. The lowest BCUT2D eigenvalue weighted by Gasteiger charge is -2.14. The Morgan fingerprint density at radius 1 is 1.19 bits per heavy atom. The van der Waals surface area contributed by atoms with Crippen LogP contribution in [0.2, 0.25) is 10.0 Å². The zero-order valence-electron chi connectivity index (χ0n) is 11.4. The van der Waals surface area contributed by atoms with Crippen LogP contribution in [0.3, 0.4) is 0 Å². The first-order chi connectivity index (χ1) is 10.1. The maximum Gasteiger partial charge on any atom is 0.238 e. The quantitative estimate of drug-likeness (QED) is 0.882. The minimum absolute atomic E-state index is 0.0421. The summed E-state index contributed by atoms with van der Waals surface area (Å²) in [5.41, 5.74) is 1.50. The topological polar surface area (TPSA) is 54.0 Å². The van der Waals surface area contributed by atoms with Crippen LogP contribution < -0.4 is 10.6 Å². The van der Waals surface area contributed by atoms with Crippen LogP contribution in [-0.4, -0.2) is 17.4 Å². The molecule has 1 aromatic carbocycles. The van der Waals surface area contributed by atoms with Crippen LogP contribution in [-0.2, 0) is 4.79 Å². The highest BCUT2D eigenvalue weighted by molar-refractivity contribution is 6.39. The number of carbonyl (C=O) groups excluding carboxylic acids is 1. The lowest BCUT2D eigenvalue weighted by atomic mass is 10.1. The van der Waals surface area contributed by atoms with E-state index in [0.29, 0.717) is 15.7 Å². The zero-order valence-corrected chi connectivity index (χ0v) is 12.9. The minimum atomic E-state index is -0.203. The zero-order chi connectivity index (χ0) is 15.2. The van der Waals surface area contributed by atoms with Crippen LogP contribution in [0.25, 0.3) is 0 Å². The summed E-state index contributed by atoms with van der Waals surface area (Å²) in [5, 5.41) is 6.67. The van der Waals surface area contributed by atoms with Crippen LogP contribution in [0.1, 0.15) is 18.5 Å². The number of para-hydroxylation sites is 1. The van der Waals surface area contributed by atoms with Crippen LogP contribution in [0.4, 0.5) is 5.69 Å². The molecule has 21 heavy (non-hydrogen) atoms. The summed E-state index contributed by atoms with van der Waals surface area (Å²) in [5.74, 6) is -0.203. The number of rotatable bonds is 5. The highest BCUT2D eigenvalue weighted by Crippen LogP contribution is 2.29. The number of pyridine rings is 1. The number of hydrogen-bond acceptors (Lipinski definition) is 3. The summed E-state index contributed by atoms with van der Waals surface area (Å²) >= 11 is 12.0. The van der Waals surface area contributed by atoms with E-state index in [4.69, 9.17) is 23.2 Å². The summed E-state index contributed by atoms with van der Waals surface area (Å²) < 4.78 is 0. The molecule has 0 bridgehead atoms. The number of nitrogens with one attached hydrogen (secondary N) is 2. The first-order valence-electron chi connectivity index (χ1n) is 6.45. The van der Waals surface area contributed by atoms with Gasteiger partial charge in [0.1, 0.15) is 0 Å². The number of amides is 1. The molecule has 0 radical (unpaired) electrons. The van der Waals surface area contributed by atoms with Crippen LogP contribution >= 0.6 is 23.2 Å². The summed E-state index contributed by atoms with van der Waals surface area (Å²) in [6, 6.07) is 8.93. The Kier molecular flexibility index (Phi) is 5.56. The molecule has 1 unspecified atom stereocenters. The Morgan fingerprint density at radius 2 is 1.81 bits per heavy atom. The van der Waals surface area contributed by atoms with Crippen molar-refractivity contribution in [2.24, 2.45) is 0 Å². The Labute approximate surface area is 133 Å². The minimum Gasteiger partial charge on any atom is -0.322 e. The van der Waals surface area contributed by atoms with Crippen molar-refractivity contribution in [3.8, 4) is 0 Å². The van der Waals surface area contributed by atoms with Crippen molar-refractivity contribution >= 4 is 34.8 Å². The predicted molar refractivity (Wildman–Crippen MR) is 85.7 cm³/mol. The second-order valence-corrected chi connectivity index (χ2v) is 5.34. The predicted octanol–water partition coefficient (Wildman–Crippen LogP) is 3.68. The van der Waals surface area contributed by atoms with Gasteiger partial charge < -0.3 is 10.6 Å². The molecule has 2 aromatic rings. The standard InChI is InChI=1S/C15H15Cl2N3O/c1-10(11-5-7-18-8-6-11)19-9-14(21)20-15-12(16)3-2-4-13(15)17/h2-8,10,19H,9H2,1H3,(H,20,21). The Bertz CT molecular complexity index is 599. The van der Waals surface area contributed by atoms with Crippen LogP contribution in [0, 0.1) is 0 Å². The first-order valence-corrected chi connectivity index (χ1v) is 7.20. The summed E-state index contributed by atoms with van der Waals surface area (Å²) in [6.45, 7) is 2.14. The van der Waals surface area contributed by atoms with Gasteiger partial charge in [-0.05, 0) is 36.8 Å². The monoisotopic (exact) mass is 323 g/mol. The molecule has 0 aliphatic rings. The van der Waals surface area contributed by atoms with Gasteiger partial charge in [0, 0.05) is 18.4 Å². The molecule has 1 aromatic heterocycles. The van der Waals surface area contributed by atoms with Crippen molar-refractivity contribution in [2.75, 3.05) is 11.9 Å². The van der Waals surface area contributed by atoms with Gasteiger partial charge in [0.15, 0.2) is 0 Å². The average Bonchev–Trinajstić information content (AvgIpc) is 2.49. The van der Waals surface area contributed by atoms with Crippen molar-refractivity contribution in [1.82, 2.24) is 10.3 Å². The SMILES string of the molecule is CC(NCC(=O)Nc1c(Cl)cccc1Cl)c1ccncc1.